The molecule has 2 rings (SSSR count). The molecule has 0 saturated heterocycles. The second-order valence-electron chi connectivity index (χ2n) is 8.07. The highest BCUT2D eigenvalue weighted by molar-refractivity contribution is 6.25. The van der Waals surface area contributed by atoms with Crippen molar-refractivity contribution < 1.29 is 14.6 Å². The Bertz CT molecular complexity index is 911. The molecular weight excluding hydrogens is 396 g/mol. The van der Waals surface area contributed by atoms with Gasteiger partial charge in [-0.1, -0.05) is 81.6 Å². The molecular formula is C26H29ClO3. The second kappa shape index (κ2) is 10.4. The maximum atomic E-state index is 12.8. The van der Waals surface area contributed by atoms with Gasteiger partial charge in [-0.05, 0) is 47.6 Å². The monoisotopic (exact) mass is 424 g/mol. The molecule has 30 heavy (non-hydrogen) atoms. The minimum atomic E-state index is -1.24. The van der Waals surface area contributed by atoms with Gasteiger partial charge in [0.25, 0.3) is 0 Å². The van der Waals surface area contributed by atoms with Crippen LogP contribution in [0.5, 0.6) is 11.5 Å². The van der Waals surface area contributed by atoms with Crippen LogP contribution in [0.2, 0.25) is 0 Å². The van der Waals surface area contributed by atoms with Gasteiger partial charge in [-0.2, -0.15) is 0 Å². The van der Waals surface area contributed by atoms with E-state index in [9.17, 15) is 9.90 Å². The number of carbonyl (C=O) groups is 1. The van der Waals surface area contributed by atoms with Crippen LogP contribution in [0.3, 0.4) is 0 Å². The smallest absolute Gasteiger partial charge is 0.312 e. The number of carboxylic acid groups (broad SMARTS) is 1. The van der Waals surface area contributed by atoms with E-state index in [2.05, 4.69) is 5.92 Å². The average molecular weight is 425 g/mol. The van der Waals surface area contributed by atoms with Gasteiger partial charge in [0.1, 0.15) is 11.5 Å². The van der Waals surface area contributed by atoms with Crippen molar-refractivity contribution in [1.29, 1.82) is 0 Å². The van der Waals surface area contributed by atoms with Crippen LogP contribution in [-0.4, -0.2) is 11.1 Å². The Kier molecular flexibility index (Phi) is 8.15. The average Bonchev–Trinajstić information content (AvgIpc) is 2.70. The number of rotatable bonds is 9. The maximum Gasteiger partial charge on any atom is 0.312 e. The molecule has 0 bridgehead atoms. The fourth-order valence-electron chi connectivity index (χ4n) is 4.33. The van der Waals surface area contributed by atoms with E-state index in [0.29, 0.717) is 11.5 Å². The number of benzene rings is 2. The molecule has 0 aliphatic carbocycles. The van der Waals surface area contributed by atoms with Gasteiger partial charge in [0.05, 0.1) is 11.3 Å². The van der Waals surface area contributed by atoms with Crippen LogP contribution in [-0.2, 0) is 4.79 Å². The summed E-state index contributed by atoms with van der Waals surface area (Å²) >= 11 is 5.92. The minimum absolute atomic E-state index is 0.0260. The molecule has 3 atom stereocenters. The third-order valence-corrected chi connectivity index (χ3v) is 5.84. The van der Waals surface area contributed by atoms with Crippen molar-refractivity contribution in [3.05, 3.63) is 71.8 Å². The lowest BCUT2D eigenvalue weighted by Gasteiger charge is -2.45. The topological polar surface area (TPSA) is 46.5 Å². The molecule has 0 heterocycles. The predicted molar refractivity (Wildman–Crippen MR) is 123 cm³/mol. The molecule has 0 aliphatic rings. The molecule has 3 nitrogen and oxygen atoms in total. The first-order valence-corrected chi connectivity index (χ1v) is 10.5. The Morgan fingerprint density at radius 2 is 1.73 bits per heavy atom. The van der Waals surface area contributed by atoms with Gasteiger partial charge < -0.3 is 9.84 Å². The molecule has 3 unspecified atom stereocenters. The van der Waals surface area contributed by atoms with Crippen molar-refractivity contribution in [2.75, 3.05) is 0 Å². The number of hydrogen-bond donors (Lipinski definition) is 1. The van der Waals surface area contributed by atoms with E-state index in [4.69, 9.17) is 22.8 Å². The number of carboxylic acids is 1. The Labute approximate surface area is 184 Å². The zero-order valence-electron chi connectivity index (χ0n) is 17.9. The van der Waals surface area contributed by atoms with E-state index < -0.39 is 17.3 Å². The molecule has 2 aromatic carbocycles. The van der Waals surface area contributed by atoms with Gasteiger partial charge in [-0.15, -0.1) is 6.42 Å². The number of halogens is 1. The molecule has 0 radical (unpaired) electrons. The fourth-order valence-corrected chi connectivity index (χ4v) is 4.48. The highest BCUT2D eigenvalue weighted by Crippen LogP contribution is 2.51. The number of para-hydroxylation sites is 1. The van der Waals surface area contributed by atoms with Crippen LogP contribution in [0.15, 0.2) is 66.2 Å². The Morgan fingerprint density at radius 1 is 1.10 bits per heavy atom. The van der Waals surface area contributed by atoms with E-state index >= 15 is 0 Å². The van der Waals surface area contributed by atoms with E-state index in [1.165, 1.54) is 5.54 Å². The molecule has 4 heteroatoms. The summed E-state index contributed by atoms with van der Waals surface area (Å²) in [6.07, 6.45) is 7.75. The van der Waals surface area contributed by atoms with Crippen LogP contribution in [0.25, 0.3) is 0 Å². The van der Waals surface area contributed by atoms with Crippen molar-refractivity contribution in [2.45, 2.75) is 33.6 Å². The highest BCUT2D eigenvalue weighted by atomic mass is 35.5. The first-order chi connectivity index (χ1) is 14.3. The standard InChI is InChI=1S/C26H29ClO3/c1-6-23(26(19(4)5,25(28)29)24(15-16-27)18(2)3)20-11-10-14-22(17-20)30-21-12-8-7-9-13-21/h1,7-19,23-24H,2-5H3,(H,28,29). The van der Waals surface area contributed by atoms with Gasteiger partial charge in [0, 0.05) is 5.54 Å². The molecule has 2 aromatic rings. The third kappa shape index (κ3) is 4.71. The van der Waals surface area contributed by atoms with Crippen LogP contribution < -0.4 is 4.74 Å². The third-order valence-electron chi connectivity index (χ3n) is 5.69. The first kappa shape index (κ1) is 23.6. The van der Waals surface area contributed by atoms with E-state index in [1.807, 2.05) is 82.3 Å². The lowest BCUT2D eigenvalue weighted by atomic mass is 9.56. The summed E-state index contributed by atoms with van der Waals surface area (Å²) in [4.78, 5) is 12.8. The summed E-state index contributed by atoms with van der Waals surface area (Å²) in [6, 6.07) is 16.8. The number of allylic oxidation sites excluding steroid dienone is 1. The van der Waals surface area contributed by atoms with Crippen LogP contribution >= 0.6 is 11.6 Å². The predicted octanol–water partition coefficient (Wildman–Crippen LogP) is 6.95. The van der Waals surface area contributed by atoms with E-state index in [1.54, 1.807) is 6.08 Å². The molecule has 0 saturated carbocycles. The van der Waals surface area contributed by atoms with Gasteiger partial charge in [-0.3, -0.25) is 4.79 Å². The Balaban J connectivity index is 2.61. The number of aliphatic carboxylic acids is 1. The first-order valence-electron chi connectivity index (χ1n) is 10.1. The molecule has 158 valence electrons. The largest absolute Gasteiger partial charge is 0.481 e. The second-order valence-corrected chi connectivity index (χ2v) is 8.32. The van der Waals surface area contributed by atoms with E-state index in [0.717, 1.165) is 5.56 Å². The van der Waals surface area contributed by atoms with Gasteiger partial charge >= 0.3 is 5.97 Å². The van der Waals surface area contributed by atoms with Crippen molar-refractivity contribution in [3.63, 3.8) is 0 Å². The van der Waals surface area contributed by atoms with Crippen molar-refractivity contribution in [1.82, 2.24) is 0 Å². The normalized spacial score (nSPS) is 15.5. The quantitative estimate of drug-likeness (QED) is 0.443. The summed E-state index contributed by atoms with van der Waals surface area (Å²) < 4.78 is 5.95. The number of terminal acetylenes is 1. The Morgan fingerprint density at radius 3 is 2.23 bits per heavy atom. The molecule has 0 aliphatic heterocycles. The molecule has 0 spiro atoms. The van der Waals surface area contributed by atoms with Gasteiger partial charge in [0.2, 0.25) is 0 Å². The maximum absolute atomic E-state index is 12.8. The summed E-state index contributed by atoms with van der Waals surface area (Å²) in [5.41, 5.74) is 0.892. The van der Waals surface area contributed by atoms with Crippen LogP contribution in [0, 0.1) is 35.5 Å². The SMILES string of the molecule is C#CC(c1cccc(Oc2ccccc2)c1)C(C(=O)O)(C(C)C)C(C=CCl)C(C)C. The van der Waals surface area contributed by atoms with Gasteiger partial charge in [-0.25, -0.2) is 0 Å². The van der Waals surface area contributed by atoms with Crippen LogP contribution in [0.1, 0.15) is 39.2 Å². The van der Waals surface area contributed by atoms with Crippen molar-refractivity contribution >= 4 is 17.6 Å². The van der Waals surface area contributed by atoms with Crippen LogP contribution in [0.4, 0.5) is 0 Å². The summed E-state index contributed by atoms with van der Waals surface area (Å²) in [5.74, 6) is 1.93. The van der Waals surface area contributed by atoms with E-state index in [-0.39, 0.29) is 17.8 Å². The zero-order chi connectivity index (χ0) is 22.3. The number of ether oxygens (including phenoxy) is 1. The minimum Gasteiger partial charge on any atom is -0.481 e. The Hall–Kier alpha value is -2.70. The molecule has 0 aromatic heterocycles. The molecule has 0 fully saturated rings. The zero-order valence-corrected chi connectivity index (χ0v) is 18.6. The molecule has 1 N–H and O–H groups in total. The van der Waals surface area contributed by atoms with Crippen molar-refractivity contribution in [3.8, 4) is 23.8 Å². The lowest BCUT2D eigenvalue weighted by Crippen LogP contribution is -2.49. The fraction of sp³-hybridized carbons (Fsp3) is 0.346. The molecule has 0 amide bonds. The van der Waals surface area contributed by atoms with Crippen molar-refractivity contribution in [2.24, 2.45) is 23.2 Å². The summed E-state index contributed by atoms with van der Waals surface area (Å²) in [7, 11) is 0. The summed E-state index contributed by atoms with van der Waals surface area (Å²) in [6.45, 7) is 7.79. The van der Waals surface area contributed by atoms with Gasteiger partial charge in [0.15, 0.2) is 0 Å². The lowest BCUT2D eigenvalue weighted by molar-refractivity contribution is -0.157. The number of hydrogen-bond acceptors (Lipinski definition) is 2. The summed E-state index contributed by atoms with van der Waals surface area (Å²) in [5, 5.41) is 10.5. The highest BCUT2D eigenvalue weighted by Gasteiger charge is 2.54.